The molecule has 0 saturated carbocycles. The van der Waals surface area contributed by atoms with Gasteiger partial charge < -0.3 is 15.2 Å². The Labute approximate surface area is 190 Å². The average molecular weight is 469 g/mol. The van der Waals surface area contributed by atoms with Crippen molar-refractivity contribution < 1.29 is 37.0 Å². The summed E-state index contributed by atoms with van der Waals surface area (Å²) in [4.78, 5) is 24.6. The molecule has 172 valence electrons. The predicted molar refractivity (Wildman–Crippen MR) is 117 cm³/mol. The first-order valence-corrected chi connectivity index (χ1v) is 9.84. The number of amides is 1. The first kappa shape index (κ1) is 22.8. The molecule has 4 aromatic rings. The predicted octanol–water partition coefficient (Wildman–Crippen LogP) is 6.74. The van der Waals surface area contributed by atoms with Crippen LogP contribution < -0.4 is 10.1 Å². The van der Waals surface area contributed by atoms with E-state index in [0.717, 1.165) is 35.7 Å². The Morgan fingerprint density at radius 3 is 2.24 bits per heavy atom. The fourth-order valence-corrected chi connectivity index (χ4v) is 3.40. The Hall–Kier alpha value is -4.40. The third-order valence-electron chi connectivity index (χ3n) is 4.96. The zero-order valence-corrected chi connectivity index (χ0v) is 17.2. The molecule has 0 aromatic heterocycles. The fraction of sp³-hybridized carbons (Fsp3) is 0.0400. The van der Waals surface area contributed by atoms with Gasteiger partial charge in [-0.1, -0.05) is 36.4 Å². The zero-order valence-electron chi connectivity index (χ0n) is 17.2. The van der Waals surface area contributed by atoms with Crippen LogP contribution in [0, 0.1) is 5.82 Å². The summed E-state index contributed by atoms with van der Waals surface area (Å²) in [5, 5.41) is 13.0. The summed E-state index contributed by atoms with van der Waals surface area (Å²) in [6, 6.07) is 17.3. The maximum Gasteiger partial charge on any atom is 0.420 e. The standard InChI is InChI=1S/C25H15F4NO4/c26-16-8-10-17(11-9-16)34-22-20(25(27,28)29)12-15(24(32)33)13-21(22)30-23(31)19-7-3-5-14-4-1-2-6-18(14)19/h1-13H,(H,30,31)(H,32,33). The summed E-state index contributed by atoms with van der Waals surface area (Å²) < 4.78 is 60.2. The van der Waals surface area contributed by atoms with Gasteiger partial charge in [0.1, 0.15) is 17.1 Å². The van der Waals surface area contributed by atoms with Gasteiger partial charge in [-0.2, -0.15) is 13.2 Å². The van der Waals surface area contributed by atoms with E-state index in [1.54, 1.807) is 36.4 Å². The van der Waals surface area contributed by atoms with Gasteiger partial charge in [0.15, 0.2) is 5.75 Å². The molecule has 1 amide bonds. The summed E-state index contributed by atoms with van der Waals surface area (Å²) >= 11 is 0. The second kappa shape index (κ2) is 8.86. The number of hydrogen-bond acceptors (Lipinski definition) is 3. The minimum Gasteiger partial charge on any atom is -0.478 e. The number of carbonyl (C=O) groups is 2. The number of aromatic carboxylic acids is 1. The van der Waals surface area contributed by atoms with Gasteiger partial charge in [-0.05, 0) is 53.2 Å². The quantitative estimate of drug-likeness (QED) is 0.318. The van der Waals surface area contributed by atoms with Crippen molar-refractivity contribution in [2.24, 2.45) is 0 Å². The van der Waals surface area contributed by atoms with Crippen molar-refractivity contribution in [1.29, 1.82) is 0 Å². The van der Waals surface area contributed by atoms with Crippen LogP contribution in [0.3, 0.4) is 0 Å². The highest BCUT2D eigenvalue weighted by Gasteiger charge is 2.37. The van der Waals surface area contributed by atoms with Gasteiger partial charge in [-0.25, -0.2) is 9.18 Å². The fourth-order valence-electron chi connectivity index (χ4n) is 3.40. The molecule has 0 heterocycles. The second-order valence-electron chi connectivity index (χ2n) is 7.24. The van der Waals surface area contributed by atoms with Crippen LogP contribution in [0.1, 0.15) is 26.3 Å². The van der Waals surface area contributed by atoms with E-state index in [1.807, 2.05) is 0 Å². The molecule has 0 aliphatic rings. The largest absolute Gasteiger partial charge is 0.478 e. The Balaban J connectivity index is 1.85. The molecule has 0 radical (unpaired) electrons. The highest BCUT2D eigenvalue weighted by molar-refractivity contribution is 6.13. The first-order chi connectivity index (χ1) is 16.1. The molecule has 0 bridgehead atoms. The third kappa shape index (κ3) is 4.68. The number of anilines is 1. The SMILES string of the molecule is O=C(O)c1cc(NC(=O)c2cccc3ccccc23)c(Oc2ccc(F)cc2)c(C(F)(F)F)c1. The lowest BCUT2D eigenvalue weighted by Gasteiger charge is -2.19. The van der Waals surface area contributed by atoms with Crippen LogP contribution in [0.15, 0.2) is 78.9 Å². The van der Waals surface area contributed by atoms with E-state index < -0.39 is 46.4 Å². The maximum absolute atomic E-state index is 13.9. The summed E-state index contributed by atoms with van der Waals surface area (Å²) in [6.45, 7) is 0. The lowest BCUT2D eigenvalue weighted by molar-refractivity contribution is -0.138. The summed E-state index contributed by atoms with van der Waals surface area (Å²) in [7, 11) is 0. The molecule has 0 aliphatic carbocycles. The smallest absolute Gasteiger partial charge is 0.420 e. The van der Waals surface area contributed by atoms with Crippen LogP contribution in [0.4, 0.5) is 23.2 Å². The van der Waals surface area contributed by atoms with Gasteiger partial charge in [0, 0.05) is 5.56 Å². The molecule has 34 heavy (non-hydrogen) atoms. The number of hydrogen-bond donors (Lipinski definition) is 2. The third-order valence-corrected chi connectivity index (χ3v) is 4.96. The zero-order chi connectivity index (χ0) is 24.5. The van der Waals surface area contributed by atoms with Crippen molar-refractivity contribution in [3.63, 3.8) is 0 Å². The van der Waals surface area contributed by atoms with E-state index in [1.165, 1.54) is 6.07 Å². The number of rotatable bonds is 5. The number of carboxylic acids is 1. The Morgan fingerprint density at radius 2 is 1.56 bits per heavy atom. The van der Waals surface area contributed by atoms with Crippen LogP contribution in [0.25, 0.3) is 10.8 Å². The van der Waals surface area contributed by atoms with Crippen LogP contribution in [-0.4, -0.2) is 17.0 Å². The van der Waals surface area contributed by atoms with E-state index in [4.69, 9.17) is 4.74 Å². The van der Waals surface area contributed by atoms with E-state index in [9.17, 15) is 32.3 Å². The first-order valence-electron chi connectivity index (χ1n) is 9.84. The monoisotopic (exact) mass is 469 g/mol. The van der Waals surface area contributed by atoms with Crippen LogP contribution in [0.5, 0.6) is 11.5 Å². The molecule has 9 heteroatoms. The molecule has 0 unspecified atom stereocenters. The number of carbonyl (C=O) groups excluding carboxylic acids is 1. The molecule has 4 aromatic carbocycles. The number of carboxylic acid groups (broad SMARTS) is 1. The molecular weight excluding hydrogens is 454 g/mol. The summed E-state index contributed by atoms with van der Waals surface area (Å²) in [5.74, 6) is -3.99. The molecule has 0 fully saturated rings. The highest BCUT2D eigenvalue weighted by atomic mass is 19.4. The normalized spacial score (nSPS) is 11.3. The molecule has 5 nitrogen and oxygen atoms in total. The van der Waals surface area contributed by atoms with Crippen molar-refractivity contribution in [2.75, 3.05) is 5.32 Å². The van der Waals surface area contributed by atoms with Crippen molar-refractivity contribution in [2.45, 2.75) is 6.18 Å². The van der Waals surface area contributed by atoms with Crippen LogP contribution >= 0.6 is 0 Å². The van der Waals surface area contributed by atoms with Crippen molar-refractivity contribution in [3.05, 3.63) is 101 Å². The van der Waals surface area contributed by atoms with Gasteiger partial charge in [-0.3, -0.25) is 4.79 Å². The van der Waals surface area contributed by atoms with Crippen LogP contribution in [-0.2, 0) is 6.18 Å². The number of nitrogens with one attached hydrogen (secondary N) is 1. The Bertz CT molecular complexity index is 1390. The minimum absolute atomic E-state index is 0.143. The number of fused-ring (bicyclic) bond motifs is 1. The van der Waals surface area contributed by atoms with Gasteiger partial charge in [0.2, 0.25) is 0 Å². The lowest BCUT2D eigenvalue weighted by atomic mass is 10.0. The Kier molecular flexibility index (Phi) is 5.93. The molecular formula is C25H15F4NO4. The molecule has 0 spiro atoms. The maximum atomic E-state index is 13.9. The number of benzene rings is 4. The number of alkyl halides is 3. The lowest BCUT2D eigenvalue weighted by Crippen LogP contribution is -2.17. The van der Waals surface area contributed by atoms with Gasteiger partial charge in [0.25, 0.3) is 5.91 Å². The molecule has 2 N–H and O–H groups in total. The van der Waals surface area contributed by atoms with Gasteiger partial charge in [0.05, 0.1) is 11.3 Å². The van der Waals surface area contributed by atoms with Gasteiger partial charge in [-0.15, -0.1) is 0 Å². The second-order valence-corrected chi connectivity index (χ2v) is 7.24. The molecule has 0 saturated heterocycles. The number of halogens is 4. The van der Waals surface area contributed by atoms with E-state index >= 15 is 0 Å². The van der Waals surface area contributed by atoms with Crippen molar-refractivity contribution in [3.8, 4) is 11.5 Å². The van der Waals surface area contributed by atoms with Crippen LogP contribution in [0.2, 0.25) is 0 Å². The Morgan fingerprint density at radius 1 is 0.882 bits per heavy atom. The highest BCUT2D eigenvalue weighted by Crippen LogP contribution is 2.44. The summed E-state index contributed by atoms with van der Waals surface area (Å²) in [5.41, 5.74) is -2.45. The van der Waals surface area contributed by atoms with E-state index in [0.29, 0.717) is 11.5 Å². The number of ether oxygens (including phenoxy) is 1. The summed E-state index contributed by atoms with van der Waals surface area (Å²) in [6.07, 6.45) is -5.01. The van der Waals surface area contributed by atoms with Crippen molar-refractivity contribution >= 4 is 28.3 Å². The van der Waals surface area contributed by atoms with Gasteiger partial charge >= 0.3 is 12.1 Å². The molecule has 4 rings (SSSR count). The minimum atomic E-state index is -5.01. The van der Waals surface area contributed by atoms with E-state index in [2.05, 4.69) is 5.32 Å². The molecule has 0 aliphatic heterocycles. The van der Waals surface area contributed by atoms with E-state index in [-0.39, 0.29) is 11.3 Å². The van der Waals surface area contributed by atoms with Crippen molar-refractivity contribution in [1.82, 2.24) is 0 Å². The average Bonchev–Trinajstić information content (AvgIpc) is 2.80. The molecule has 0 atom stereocenters. The topological polar surface area (TPSA) is 75.6 Å².